The van der Waals surface area contributed by atoms with Crippen LogP contribution in [0.4, 0.5) is 0 Å². The molecule has 0 saturated heterocycles. The van der Waals surface area contributed by atoms with Gasteiger partial charge in [0, 0.05) is 20.0 Å². The molecule has 0 bridgehead atoms. The Kier molecular flexibility index (Phi) is 5.15. The summed E-state index contributed by atoms with van der Waals surface area (Å²) in [5.74, 6) is -1.45. The third-order valence-corrected chi connectivity index (χ3v) is 3.84. The number of benzene rings is 2. The van der Waals surface area contributed by atoms with E-state index in [0.717, 1.165) is 5.56 Å². The molecule has 0 aliphatic rings. The minimum atomic E-state index is -0.880. The van der Waals surface area contributed by atoms with Crippen LogP contribution in [-0.4, -0.2) is 35.5 Å². The van der Waals surface area contributed by atoms with Crippen molar-refractivity contribution in [2.24, 2.45) is 5.92 Å². The molecule has 4 heteroatoms. The summed E-state index contributed by atoms with van der Waals surface area (Å²) in [4.78, 5) is 24.4. The van der Waals surface area contributed by atoms with Crippen molar-refractivity contribution in [1.29, 1.82) is 0 Å². The summed E-state index contributed by atoms with van der Waals surface area (Å²) in [6.07, 6.45) is 1.05. The maximum absolute atomic E-state index is 12.1. The normalized spacial score (nSPS) is 12.1. The van der Waals surface area contributed by atoms with Crippen molar-refractivity contribution in [2.75, 3.05) is 13.6 Å². The van der Waals surface area contributed by atoms with Crippen molar-refractivity contribution >= 4 is 22.6 Å². The molecule has 2 rings (SSSR count). The predicted octanol–water partition coefficient (Wildman–Crippen LogP) is 2.95. The zero-order chi connectivity index (χ0) is 16.1. The number of carboxylic acid groups (broad SMARTS) is 1. The van der Waals surface area contributed by atoms with E-state index in [2.05, 4.69) is 24.3 Å². The molecule has 0 saturated carbocycles. The van der Waals surface area contributed by atoms with Crippen molar-refractivity contribution in [2.45, 2.75) is 19.8 Å². The number of carboxylic acids is 1. The topological polar surface area (TPSA) is 57.6 Å². The van der Waals surface area contributed by atoms with Crippen LogP contribution in [0, 0.1) is 5.92 Å². The average Bonchev–Trinajstić information content (AvgIpc) is 2.52. The minimum Gasteiger partial charge on any atom is -0.481 e. The van der Waals surface area contributed by atoms with E-state index in [1.54, 1.807) is 14.0 Å². The number of hydrogen-bond acceptors (Lipinski definition) is 2. The number of aryl methyl sites for hydroxylation is 1. The fourth-order valence-electron chi connectivity index (χ4n) is 2.43. The first kappa shape index (κ1) is 16.0. The summed E-state index contributed by atoms with van der Waals surface area (Å²) in [7, 11) is 1.65. The van der Waals surface area contributed by atoms with Gasteiger partial charge in [-0.1, -0.05) is 49.4 Å². The van der Waals surface area contributed by atoms with Gasteiger partial charge in [-0.2, -0.15) is 0 Å². The number of fused-ring (bicyclic) bond motifs is 1. The lowest BCUT2D eigenvalue weighted by atomic mass is 10.0. The summed E-state index contributed by atoms with van der Waals surface area (Å²) in [6.45, 7) is 1.85. The fraction of sp³-hybridized carbons (Fsp3) is 0.333. The van der Waals surface area contributed by atoms with Crippen molar-refractivity contribution < 1.29 is 14.7 Å². The monoisotopic (exact) mass is 299 g/mol. The van der Waals surface area contributed by atoms with Crippen molar-refractivity contribution in [1.82, 2.24) is 4.90 Å². The van der Waals surface area contributed by atoms with Gasteiger partial charge < -0.3 is 10.0 Å². The Morgan fingerprint density at radius 3 is 2.50 bits per heavy atom. The van der Waals surface area contributed by atoms with Crippen LogP contribution in [0.3, 0.4) is 0 Å². The second-order valence-electron chi connectivity index (χ2n) is 5.70. The van der Waals surface area contributed by atoms with Crippen LogP contribution in [0.5, 0.6) is 0 Å². The summed E-state index contributed by atoms with van der Waals surface area (Å²) in [5.41, 5.74) is 1.12. The Hall–Kier alpha value is -2.36. The first-order valence-corrected chi connectivity index (χ1v) is 7.42. The summed E-state index contributed by atoms with van der Waals surface area (Å²) in [5, 5.41) is 11.2. The highest BCUT2D eigenvalue weighted by Crippen LogP contribution is 2.17. The van der Waals surface area contributed by atoms with Gasteiger partial charge in [0.15, 0.2) is 0 Å². The second-order valence-corrected chi connectivity index (χ2v) is 5.70. The Balaban J connectivity index is 1.93. The zero-order valence-electron chi connectivity index (χ0n) is 13.0. The van der Waals surface area contributed by atoms with E-state index >= 15 is 0 Å². The molecule has 0 spiro atoms. The van der Waals surface area contributed by atoms with Gasteiger partial charge in [-0.15, -0.1) is 0 Å². The molecule has 2 aromatic carbocycles. The Morgan fingerprint density at radius 1 is 1.14 bits per heavy atom. The lowest BCUT2D eigenvalue weighted by Crippen LogP contribution is -2.33. The Bertz CT molecular complexity index is 681. The number of hydrogen-bond donors (Lipinski definition) is 1. The van der Waals surface area contributed by atoms with Gasteiger partial charge in [-0.3, -0.25) is 9.59 Å². The Labute approximate surface area is 130 Å². The predicted molar refractivity (Wildman–Crippen MR) is 86.7 cm³/mol. The van der Waals surface area contributed by atoms with Crippen molar-refractivity contribution in [3.8, 4) is 0 Å². The quantitative estimate of drug-likeness (QED) is 0.892. The number of carbonyl (C=O) groups is 2. The van der Waals surface area contributed by atoms with Crippen LogP contribution in [0.25, 0.3) is 10.8 Å². The summed E-state index contributed by atoms with van der Waals surface area (Å²) >= 11 is 0. The molecule has 4 nitrogen and oxygen atoms in total. The first-order valence-electron chi connectivity index (χ1n) is 7.42. The van der Waals surface area contributed by atoms with E-state index in [0.29, 0.717) is 12.8 Å². The van der Waals surface area contributed by atoms with Gasteiger partial charge in [0.25, 0.3) is 0 Å². The van der Waals surface area contributed by atoms with E-state index in [1.807, 2.05) is 18.2 Å². The molecule has 2 aromatic rings. The van der Waals surface area contributed by atoms with E-state index in [4.69, 9.17) is 5.11 Å². The number of rotatable bonds is 6. The lowest BCUT2D eigenvalue weighted by Gasteiger charge is -2.19. The van der Waals surface area contributed by atoms with Crippen LogP contribution in [0.1, 0.15) is 18.9 Å². The smallest absolute Gasteiger partial charge is 0.308 e. The largest absolute Gasteiger partial charge is 0.481 e. The highest BCUT2D eigenvalue weighted by Gasteiger charge is 2.17. The molecule has 22 heavy (non-hydrogen) atoms. The lowest BCUT2D eigenvalue weighted by molar-refractivity contribution is -0.142. The highest BCUT2D eigenvalue weighted by atomic mass is 16.4. The first-order chi connectivity index (χ1) is 10.5. The van der Waals surface area contributed by atoms with Gasteiger partial charge >= 0.3 is 5.97 Å². The molecule has 1 N–H and O–H groups in total. The van der Waals surface area contributed by atoms with E-state index in [-0.39, 0.29) is 12.5 Å². The maximum atomic E-state index is 12.1. The molecule has 1 atom stereocenters. The average molecular weight is 299 g/mol. The molecule has 1 unspecified atom stereocenters. The molecule has 116 valence electrons. The molecule has 0 aliphatic heterocycles. The molecular weight excluding hydrogens is 278 g/mol. The minimum absolute atomic E-state index is 0.0266. The van der Waals surface area contributed by atoms with Crippen LogP contribution < -0.4 is 0 Å². The van der Waals surface area contributed by atoms with Gasteiger partial charge in [0.1, 0.15) is 0 Å². The van der Waals surface area contributed by atoms with E-state index in [1.165, 1.54) is 15.7 Å². The van der Waals surface area contributed by atoms with Crippen LogP contribution >= 0.6 is 0 Å². The molecule has 0 radical (unpaired) electrons. The second kappa shape index (κ2) is 7.07. The standard InChI is InChI=1S/C18H21NO3/c1-13(18(21)22)12-19(2)17(20)10-8-14-7-9-15-5-3-4-6-16(15)11-14/h3-7,9,11,13H,8,10,12H2,1-2H3,(H,21,22). The highest BCUT2D eigenvalue weighted by molar-refractivity contribution is 5.83. The molecule has 0 aromatic heterocycles. The number of aliphatic carboxylic acids is 1. The van der Waals surface area contributed by atoms with E-state index < -0.39 is 11.9 Å². The van der Waals surface area contributed by atoms with Gasteiger partial charge in [0.2, 0.25) is 5.91 Å². The van der Waals surface area contributed by atoms with Crippen LogP contribution in [0.2, 0.25) is 0 Å². The SMILES string of the molecule is CC(CN(C)C(=O)CCc1ccc2ccccc2c1)C(=O)O. The molecule has 0 heterocycles. The third-order valence-electron chi connectivity index (χ3n) is 3.84. The Morgan fingerprint density at radius 2 is 1.82 bits per heavy atom. The molecule has 0 aliphatic carbocycles. The van der Waals surface area contributed by atoms with Crippen LogP contribution in [0.15, 0.2) is 42.5 Å². The van der Waals surface area contributed by atoms with Gasteiger partial charge in [-0.05, 0) is 22.8 Å². The number of nitrogens with zero attached hydrogens (tertiary/aromatic N) is 1. The fourth-order valence-corrected chi connectivity index (χ4v) is 2.43. The van der Waals surface area contributed by atoms with Gasteiger partial charge in [-0.25, -0.2) is 0 Å². The maximum Gasteiger partial charge on any atom is 0.308 e. The zero-order valence-corrected chi connectivity index (χ0v) is 13.0. The van der Waals surface area contributed by atoms with Crippen molar-refractivity contribution in [3.05, 3.63) is 48.0 Å². The van der Waals surface area contributed by atoms with E-state index in [9.17, 15) is 9.59 Å². The van der Waals surface area contributed by atoms with Crippen LogP contribution in [-0.2, 0) is 16.0 Å². The number of carbonyl (C=O) groups excluding carboxylic acids is 1. The number of amides is 1. The van der Waals surface area contributed by atoms with Crippen molar-refractivity contribution in [3.63, 3.8) is 0 Å². The van der Waals surface area contributed by atoms with Gasteiger partial charge in [0.05, 0.1) is 5.92 Å². The molecule has 1 amide bonds. The summed E-state index contributed by atoms with van der Waals surface area (Å²) in [6, 6.07) is 14.3. The third kappa shape index (κ3) is 4.07. The molecular formula is C18H21NO3. The summed E-state index contributed by atoms with van der Waals surface area (Å²) < 4.78 is 0. The molecule has 0 fully saturated rings.